The van der Waals surface area contributed by atoms with Crippen LogP contribution in [0.1, 0.15) is 23.2 Å². The minimum absolute atomic E-state index is 0.00792. The Labute approximate surface area is 161 Å². The summed E-state index contributed by atoms with van der Waals surface area (Å²) in [5.41, 5.74) is 7.07. The number of pyridine rings is 1. The highest BCUT2D eigenvalue weighted by atomic mass is 35.5. The molecule has 0 atom stereocenters. The van der Waals surface area contributed by atoms with Crippen LogP contribution in [0.15, 0.2) is 24.3 Å². The molecule has 2 aromatic rings. The van der Waals surface area contributed by atoms with E-state index in [0.29, 0.717) is 22.1 Å². The first-order valence-corrected chi connectivity index (χ1v) is 8.75. The van der Waals surface area contributed by atoms with Crippen LogP contribution in [-0.4, -0.2) is 31.0 Å². The third kappa shape index (κ3) is 4.06. The molecule has 0 bridgehead atoms. The smallest absolute Gasteiger partial charge is 0.256 e. The Bertz CT molecular complexity index is 899. The van der Waals surface area contributed by atoms with Crippen LogP contribution in [0.2, 0.25) is 5.02 Å². The van der Waals surface area contributed by atoms with Gasteiger partial charge in [0.2, 0.25) is 5.91 Å². The van der Waals surface area contributed by atoms with Gasteiger partial charge in [-0.25, -0.2) is 4.98 Å². The Morgan fingerprint density at radius 2 is 2.04 bits per heavy atom. The number of methoxy groups -OCH3 is 1. The summed E-state index contributed by atoms with van der Waals surface area (Å²) in [6.45, 7) is 0. The molecule has 1 aromatic carbocycles. The molecule has 2 amide bonds. The number of amides is 2. The molecule has 9 heteroatoms. The molecule has 1 heterocycles. The number of nitrogens with zero attached hydrogens (tertiary/aromatic N) is 1. The monoisotopic (exact) mass is 389 g/mol. The maximum atomic E-state index is 12.3. The molecule has 0 saturated heterocycles. The number of nitrogens with one attached hydrogen (secondary N) is 3. The standard InChI is InChI=1S/C18H20ClN5O3/c1-21-18(26)14-12(22-11-5-3-4-10(19)15(11)27-2)8-13(23-16(14)20)24-17(25)9-6-7-9/h3-5,8-9H,6-7H2,1-2H3,(H,21,26)(H4,20,22,23,24,25). The van der Waals surface area contributed by atoms with Gasteiger partial charge in [-0.2, -0.15) is 0 Å². The van der Waals surface area contributed by atoms with Gasteiger partial charge in [0.15, 0.2) is 5.75 Å². The number of anilines is 4. The molecule has 1 saturated carbocycles. The number of carbonyl (C=O) groups is 2. The minimum atomic E-state index is -0.413. The lowest BCUT2D eigenvalue weighted by Gasteiger charge is -2.17. The van der Waals surface area contributed by atoms with Gasteiger partial charge in [0.1, 0.15) is 17.2 Å². The van der Waals surface area contributed by atoms with E-state index in [4.69, 9.17) is 22.1 Å². The number of nitrogens with two attached hydrogens (primary N) is 1. The molecule has 1 aliphatic carbocycles. The maximum Gasteiger partial charge on any atom is 0.256 e. The highest BCUT2D eigenvalue weighted by molar-refractivity contribution is 6.32. The van der Waals surface area contributed by atoms with Gasteiger partial charge in [0, 0.05) is 19.0 Å². The van der Waals surface area contributed by atoms with Gasteiger partial charge >= 0.3 is 0 Å². The van der Waals surface area contributed by atoms with Crippen molar-refractivity contribution in [3.8, 4) is 5.75 Å². The third-order valence-electron chi connectivity index (χ3n) is 4.14. The van der Waals surface area contributed by atoms with Crippen molar-refractivity contribution in [2.45, 2.75) is 12.8 Å². The van der Waals surface area contributed by atoms with Crippen molar-refractivity contribution in [2.24, 2.45) is 5.92 Å². The van der Waals surface area contributed by atoms with Gasteiger partial charge in [-0.05, 0) is 25.0 Å². The first-order chi connectivity index (χ1) is 12.9. The fourth-order valence-corrected chi connectivity index (χ4v) is 2.88. The molecule has 1 fully saturated rings. The first-order valence-electron chi connectivity index (χ1n) is 8.37. The number of benzene rings is 1. The first kappa shape index (κ1) is 18.8. The lowest BCUT2D eigenvalue weighted by Crippen LogP contribution is -2.22. The Hall–Kier alpha value is -3.00. The van der Waals surface area contributed by atoms with Crippen molar-refractivity contribution >= 4 is 46.4 Å². The van der Waals surface area contributed by atoms with E-state index in [1.807, 2.05) is 0 Å². The molecule has 0 radical (unpaired) electrons. The lowest BCUT2D eigenvalue weighted by molar-refractivity contribution is -0.117. The Balaban J connectivity index is 2.02. The lowest BCUT2D eigenvalue weighted by atomic mass is 10.1. The van der Waals surface area contributed by atoms with Crippen molar-refractivity contribution in [3.05, 3.63) is 34.9 Å². The van der Waals surface area contributed by atoms with Crippen molar-refractivity contribution in [1.82, 2.24) is 10.3 Å². The number of hydrogen-bond donors (Lipinski definition) is 4. The van der Waals surface area contributed by atoms with Crippen molar-refractivity contribution < 1.29 is 14.3 Å². The van der Waals surface area contributed by atoms with Crippen LogP contribution in [0.25, 0.3) is 0 Å². The molecule has 3 rings (SSSR count). The number of halogens is 1. The summed E-state index contributed by atoms with van der Waals surface area (Å²) in [4.78, 5) is 28.5. The zero-order chi connectivity index (χ0) is 19.6. The number of ether oxygens (including phenoxy) is 1. The molecule has 0 spiro atoms. The summed E-state index contributed by atoms with van der Waals surface area (Å²) >= 11 is 6.16. The molecule has 0 unspecified atom stereocenters. The number of rotatable bonds is 6. The van der Waals surface area contributed by atoms with E-state index in [9.17, 15) is 9.59 Å². The Morgan fingerprint density at radius 1 is 1.30 bits per heavy atom. The van der Waals surface area contributed by atoms with Crippen LogP contribution >= 0.6 is 11.6 Å². The minimum Gasteiger partial charge on any atom is -0.493 e. The zero-order valence-electron chi connectivity index (χ0n) is 14.9. The van der Waals surface area contributed by atoms with Crippen LogP contribution in [-0.2, 0) is 4.79 Å². The highest BCUT2D eigenvalue weighted by Gasteiger charge is 2.30. The van der Waals surface area contributed by atoms with E-state index in [2.05, 4.69) is 20.9 Å². The molecule has 1 aromatic heterocycles. The summed E-state index contributed by atoms with van der Waals surface area (Å²) in [5.74, 6) is 0.161. The van der Waals surface area contributed by atoms with Crippen LogP contribution in [0.3, 0.4) is 0 Å². The number of aromatic nitrogens is 1. The topological polar surface area (TPSA) is 118 Å². The van der Waals surface area contributed by atoms with E-state index in [1.165, 1.54) is 14.2 Å². The van der Waals surface area contributed by atoms with Crippen LogP contribution < -0.4 is 26.4 Å². The van der Waals surface area contributed by atoms with Crippen molar-refractivity contribution in [1.29, 1.82) is 0 Å². The van der Waals surface area contributed by atoms with E-state index >= 15 is 0 Å². The Kier molecular flexibility index (Phi) is 5.36. The number of carbonyl (C=O) groups excluding carboxylic acids is 2. The number of hydrogen-bond acceptors (Lipinski definition) is 6. The largest absolute Gasteiger partial charge is 0.493 e. The average Bonchev–Trinajstić information content (AvgIpc) is 3.46. The number of nitrogen functional groups attached to an aromatic ring is 1. The van der Waals surface area contributed by atoms with Gasteiger partial charge in [-0.15, -0.1) is 0 Å². The molecule has 0 aliphatic heterocycles. The normalized spacial score (nSPS) is 13.0. The molecular weight excluding hydrogens is 370 g/mol. The second-order valence-corrected chi connectivity index (χ2v) is 6.51. The van der Waals surface area contributed by atoms with Gasteiger partial charge < -0.3 is 26.4 Å². The molecular formula is C18H20ClN5O3. The summed E-state index contributed by atoms with van der Waals surface area (Å²) in [6, 6.07) is 6.74. The predicted molar refractivity (Wildman–Crippen MR) is 105 cm³/mol. The zero-order valence-corrected chi connectivity index (χ0v) is 15.7. The van der Waals surface area contributed by atoms with E-state index in [0.717, 1.165) is 12.8 Å². The molecule has 8 nitrogen and oxygen atoms in total. The fraction of sp³-hybridized carbons (Fsp3) is 0.278. The second kappa shape index (κ2) is 7.71. The van der Waals surface area contributed by atoms with Gasteiger partial charge in [0.25, 0.3) is 5.91 Å². The second-order valence-electron chi connectivity index (χ2n) is 6.10. The van der Waals surface area contributed by atoms with E-state index in [-0.39, 0.29) is 29.0 Å². The number of para-hydroxylation sites is 1. The summed E-state index contributed by atoms with van der Waals surface area (Å²) in [7, 11) is 2.99. The van der Waals surface area contributed by atoms with Gasteiger partial charge in [-0.1, -0.05) is 17.7 Å². The van der Waals surface area contributed by atoms with Gasteiger partial charge in [-0.3, -0.25) is 9.59 Å². The predicted octanol–water partition coefficient (Wildman–Crippen LogP) is 2.78. The van der Waals surface area contributed by atoms with Gasteiger partial charge in [0.05, 0.1) is 23.5 Å². The third-order valence-corrected chi connectivity index (χ3v) is 4.44. The van der Waals surface area contributed by atoms with E-state index < -0.39 is 5.91 Å². The average molecular weight is 390 g/mol. The quantitative estimate of drug-likeness (QED) is 0.603. The fourth-order valence-electron chi connectivity index (χ4n) is 2.62. The maximum absolute atomic E-state index is 12.3. The van der Waals surface area contributed by atoms with Crippen molar-refractivity contribution in [2.75, 3.05) is 30.5 Å². The van der Waals surface area contributed by atoms with Crippen molar-refractivity contribution in [3.63, 3.8) is 0 Å². The van der Waals surface area contributed by atoms with E-state index in [1.54, 1.807) is 24.3 Å². The molecule has 27 heavy (non-hydrogen) atoms. The Morgan fingerprint density at radius 3 is 2.67 bits per heavy atom. The van der Waals surface area contributed by atoms with Crippen LogP contribution in [0, 0.1) is 5.92 Å². The van der Waals surface area contributed by atoms with Crippen LogP contribution in [0.4, 0.5) is 23.0 Å². The molecule has 1 aliphatic rings. The SMILES string of the molecule is CNC(=O)c1c(Nc2cccc(Cl)c2OC)cc(NC(=O)C2CC2)nc1N. The summed E-state index contributed by atoms with van der Waals surface area (Å²) in [6.07, 6.45) is 1.73. The van der Waals surface area contributed by atoms with Crippen LogP contribution in [0.5, 0.6) is 5.75 Å². The highest BCUT2D eigenvalue weighted by Crippen LogP contribution is 2.37. The summed E-state index contributed by atoms with van der Waals surface area (Å²) in [5, 5.41) is 8.79. The summed E-state index contributed by atoms with van der Waals surface area (Å²) < 4.78 is 5.33. The molecule has 142 valence electrons. The molecule has 5 N–H and O–H groups in total.